The van der Waals surface area contributed by atoms with Crippen molar-refractivity contribution in [3.8, 4) is 17.3 Å². The molecule has 2 aromatic heterocycles. The molecule has 1 N–H and O–H groups in total. The number of hydrogen-bond donors (Lipinski definition) is 1. The predicted octanol–water partition coefficient (Wildman–Crippen LogP) is 3.95. The van der Waals surface area contributed by atoms with Crippen LogP contribution in [-0.2, 0) is 0 Å². The molecule has 8 heteroatoms. The number of fused-ring (bicyclic) bond motifs is 1. The van der Waals surface area contributed by atoms with Crippen LogP contribution in [0.3, 0.4) is 0 Å². The van der Waals surface area contributed by atoms with Crippen molar-refractivity contribution in [1.29, 1.82) is 0 Å². The lowest BCUT2D eigenvalue weighted by Gasteiger charge is -2.12. The Kier molecular flexibility index (Phi) is 4.92. The summed E-state index contributed by atoms with van der Waals surface area (Å²) in [6.45, 7) is 4.95. The zero-order chi connectivity index (χ0) is 19.7. The number of aryl methyl sites for hydroxylation is 2. The number of nitrogens with one attached hydrogen (secondary N) is 1. The monoisotopic (exact) mass is 398 g/mol. The number of benzene rings is 1. The number of halogens is 1. The van der Waals surface area contributed by atoms with Crippen LogP contribution in [0.2, 0.25) is 5.02 Å². The number of pyridine rings is 1. The number of aromatic nitrogens is 3. The number of amides is 1. The Hall–Kier alpha value is -3.06. The van der Waals surface area contributed by atoms with Gasteiger partial charge in [-0.1, -0.05) is 11.6 Å². The van der Waals surface area contributed by atoms with Gasteiger partial charge in [0.2, 0.25) is 0 Å². The van der Waals surface area contributed by atoms with Crippen LogP contribution in [0.1, 0.15) is 28.2 Å². The maximum absolute atomic E-state index is 12.6. The van der Waals surface area contributed by atoms with Crippen molar-refractivity contribution >= 4 is 23.2 Å². The Labute approximate surface area is 167 Å². The van der Waals surface area contributed by atoms with Crippen LogP contribution in [0.4, 0.5) is 5.69 Å². The van der Waals surface area contributed by atoms with Gasteiger partial charge >= 0.3 is 0 Å². The molecule has 0 saturated carbocycles. The molecular formula is C20H19ClN4O3. The second-order valence-electron chi connectivity index (χ2n) is 6.53. The van der Waals surface area contributed by atoms with Gasteiger partial charge in [-0.3, -0.25) is 4.79 Å². The van der Waals surface area contributed by atoms with Crippen LogP contribution in [0.15, 0.2) is 36.5 Å². The molecule has 0 aliphatic carbocycles. The topological polar surface area (TPSA) is 78.3 Å². The molecule has 144 valence electrons. The van der Waals surface area contributed by atoms with E-state index in [1.807, 2.05) is 19.9 Å². The molecule has 0 atom stereocenters. The number of carbonyl (C=O) groups excluding carboxylic acids is 1. The molecule has 3 heterocycles. The van der Waals surface area contributed by atoms with Crippen LogP contribution in [0.25, 0.3) is 5.82 Å². The summed E-state index contributed by atoms with van der Waals surface area (Å²) in [4.78, 5) is 17.0. The van der Waals surface area contributed by atoms with Gasteiger partial charge in [-0.05, 0) is 44.2 Å². The summed E-state index contributed by atoms with van der Waals surface area (Å²) < 4.78 is 13.0. The Bertz CT molecular complexity index is 1030. The van der Waals surface area contributed by atoms with Gasteiger partial charge in [-0.25, -0.2) is 9.67 Å². The molecule has 0 bridgehead atoms. The van der Waals surface area contributed by atoms with Gasteiger partial charge in [0.05, 0.1) is 35.8 Å². The summed E-state index contributed by atoms with van der Waals surface area (Å²) in [7, 11) is 0. The first-order valence-electron chi connectivity index (χ1n) is 8.91. The van der Waals surface area contributed by atoms with Crippen molar-refractivity contribution in [2.45, 2.75) is 20.3 Å². The van der Waals surface area contributed by atoms with E-state index in [-0.39, 0.29) is 5.91 Å². The normalized spacial score (nSPS) is 13.1. The van der Waals surface area contributed by atoms with E-state index in [4.69, 9.17) is 21.1 Å². The minimum Gasteiger partial charge on any atom is -0.489 e. The molecule has 0 radical (unpaired) electrons. The van der Waals surface area contributed by atoms with E-state index < -0.39 is 0 Å². The van der Waals surface area contributed by atoms with Crippen molar-refractivity contribution in [3.05, 3.63) is 58.5 Å². The molecule has 0 saturated heterocycles. The number of hydrogen-bond acceptors (Lipinski definition) is 5. The highest BCUT2D eigenvalue weighted by molar-refractivity contribution is 6.32. The van der Waals surface area contributed by atoms with Crippen LogP contribution in [0, 0.1) is 13.8 Å². The molecule has 28 heavy (non-hydrogen) atoms. The molecular weight excluding hydrogens is 380 g/mol. The Morgan fingerprint density at radius 2 is 2.00 bits per heavy atom. The molecule has 1 aliphatic rings. The number of ether oxygens (including phenoxy) is 2. The summed E-state index contributed by atoms with van der Waals surface area (Å²) in [6.07, 6.45) is 2.36. The summed E-state index contributed by atoms with van der Waals surface area (Å²) in [5.41, 5.74) is 2.86. The zero-order valence-corrected chi connectivity index (χ0v) is 16.3. The molecule has 0 spiro atoms. The largest absolute Gasteiger partial charge is 0.489 e. The highest BCUT2D eigenvalue weighted by atomic mass is 35.5. The number of carbonyl (C=O) groups is 1. The van der Waals surface area contributed by atoms with E-state index >= 15 is 0 Å². The number of rotatable bonds is 3. The fourth-order valence-electron chi connectivity index (χ4n) is 3.01. The standard InChI is InChI=1S/C20H19ClN4O3/c1-12-8-13(2)25(24-12)18-5-4-15(11-22-18)23-20(26)14-9-16(21)19-17(10-14)27-6-3-7-28-19/h4-5,8-11H,3,6-7H2,1-2H3,(H,23,26). The highest BCUT2D eigenvalue weighted by Crippen LogP contribution is 2.38. The molecule has 0 fully saturated rings. The van der Waals surface area contributed by atoms with Gasteiger partial charge < -0.3 is 14.8 Å². The Morgan fingerprint density at radius 1 is 1.18 bits per heavy atom. The van der Waals surface area contributed by atoms with Gasteiger partial charge in [0.1, 0.15) is 0 Å². The lowest BCUT2D eigenvalue weighted by Crippen LogP contribution is -2.13. The lowest BCUT2D eigenvalue weighted by atomic mass is 10.2. The summed E-state index contributed by atoms with van der Waals surface area (Å²) in [5.74, 6) is 1.33. The molecule has 1 aromatic carbocycles. The fourth-order valence-corrected chi connectivity index (χ4v) is 3.28. The minimum absolute atomic E-state index is 0.307. The third-order valence-corrected chi connectivity index (χ3v) is 4.58. The van der Waals surface area contributed by atoms with E-state index in [9.17, 15) is 4.79 Å². The predicted molar refractivity (Wildman–Crippen MR) is 106 cm³/mol. The first-order valence-corrected chi connectivity index (χ1v) is 9.29. The molecule has 3 aromatic rings. The maximum atomic E-state index is 12.6. The summed E-state index contributed by atoms with van der Waals surface area (Å²) >= 11 is 6.27. The van der Waals surface area contributed by atoms with E-state index in [0.717, 1.165) is 17.8 Å². The molecule has 1 aliphatic heterocycles. The van der Waals surface area contributed by atoms with Gasteiger partial charge in [0, 0.05) is 17.7 Å². The lowest BCUT2D eigenvalue weighted by molar-refractivity contribution is 0.102. The van der Waals surface area contributed by atoms with Gasteiger partial charge in [0.15, 0.2) is 17.3 Å². The van der Waals surface area contributed by atoms with Crippen molar-refractivity contribution in [1.82, 2.24) is 14.8 Å². The quantitative estimate of drug-likeness (QED) is 0.722. The van der Waals surface area contributed by atoms with Crippen LogP contribution in [0.5, 0.6) is 11.5 Å². The van der Waals surface area contributed by atoms with E-state index in [1.54, 1.807) is 35.1 Å². The zero-order valence-electron chi connectivity index (χ0n) is 15.5. The van der Waals surface area contributed by atoms with Crippen molar-refractivity contribution < 1.29 is 14.3 Å². The maximum Gasteiger partial charge on any atom is 0.255 e. The summed E-state index contributed by atoms with van der Waals surface area (Å²) in [5, 5.41) is 7.57. The molecule has 1 amide bonds. The van der Waals surface area contributed by atoms with E-state index in [1.165, 1.54) is 0 Å². The highest BCUT2D eigenvalue weighted by Gasteiger charge is 2.18. The minimum atomic E-state index is -0.307. The Morgan fingerprint density at radius 3 is 2.71 bits per heavy atom. The first kappa shape index (κ1) is 18.3. The fraction of sp³-hybridized carbons (Fsp3) is 0.250. The SMILES string of the molecule is Cc1cc(C)n(-c2ccc(NC(=O)c3cc(Cl)c4c(c3)OCCCO4)cn2)n1. The average molecular weight is 399 g/mol. The second kappa shape index (κ2) is 7.52. The van der Waals surface area contributed by atoms with Crippen LogP contribution < -0.4 is 14.8 Å². The smallest absolute Gasteiger partial charge is 0.255 e. The molecule has 0 unspecified atom stereocenters. The third kappa shape index (κ3) is 3.66. The van der Waals surface area contributed by atoms with E-state index in [0.29, 0.717) is 46.8 Å². The van der Waals surface area contributed by atoms with Gasteiger partial charge in [-0.15, -0.1) is 0 Å². The van der Waals surface area contributed by atoms with Gasteiger partial charge in [-0.2, -0.15) is 5.10 Å². The first-order chi connectivity index (χ1) is 13.5. The van der Waals surface area contributed by atoms with Crippen molar-refractivity contribution in [2.75, 3.05) is 18.5 Å². The second-order valence-corrected chi connectivity index (χ2v) is 6.94. The summed E-state index contributed by atoms with van der Waals surface area (Å²) in [6, 6.07) is 8.77. The number of anilines is 1. The van der Waals surface area contributed by atoms with E-state index in [2.05, 4.69) is 15.4 Å². The Balaban J connectivity index is 1.53. The third-order valence-electron chi connectivity index (χ3n) is 4.30. The molecule has 4 rings (SSSR count). The van der Waals surface area contributed by atoms with Gasteiger partial charge in [0.25, 0.3) is 5.91 Å². The molecule has 7 nitrogen and oxygen atoms in total. The van der Waals surface area contributed by atoms with Crippen molar-refractivity contribution in [3.63, 3.8) is 0 Å². The average Bonchev–Trinajstić information content (AvgIpc) is 2.87. The number of nitrogens with zero attached hydrogens (tertiary/aromatic N) is 3. The van der Waals surface area contributed by atoms with Crippen LogP contribution in [-0.4, -0.2) is 33.9 Å². The van der Waals surface area contributed by atoms with Crippen LogP contribution >= 0.6 is 11.6 Å². The van der Waals surface area contributed by atoms with Crippen molar-refractivity contribution in [2.24, 2.45) is 0 Å².